The zero-order chi connectivity index (χ0) is 28.2. The lowest BCUT2D eigenvalue weighted by atomic mass is 10.0. The van der Waals surface area contributed by atoms with E-state index in [4.69, 9.17) is 9.57 Å². The summed E-state index contributed by atoms with van der Waals surface area (Å²) in [6, 6.07) is 20.2. The standard InChI is InChI=1S/C29H30N6O2.C2H6O/c1-30-37-29(23-5-3-7-25(19-23)36-2)33-13-14-34-15-17-35(18-16-34)28-10-12-32-27-20-22(8-9-26(27)28)24-6-4-11-31-21-24;1-3-2/h3-12,19-21H,1,13-18H2,2H3;1-2H3. The van der Waals surface area contributed by atoms with E-state index in [-0.39, 0.29) is 0 Å². The van der Waals surface area contributed by atoms with Gasteiger partial charge in [-0.1, -0.05) is 29.4 Å². The number of hydrogen-bond donors (Lipinski definition) is 0. The number of pyridine rings is 2. The van der Waals surface area contributed by atoms with E-state index in [1.54, 1.807) is 27.5 Å². The highest BCUT2D eigenvalue weighted by atomic mass is 16.6. The zero-order valence-corrected chi connectivity index (χ0v) is 23.4. The van der Waals surface area contributed by atoms with Gasteiger partial charge in [-0.15, -0.1) is 0 Å². The minimum atomic E-state index is 0.446. The number of rotatable bonds is 8. The Morgan fingerprint density at radius 3 is 2.48 bits per heavy atom. The molecule has 0 bridgehead atoms. The molecule has 9 heteroatoms. The van der Waals surface area contributed by atoms with Gasteiger partial charge in [0.25, 0.3) is 5.90 Å². The Hall–Kier alpha value is -4.34. The van der Waals surface area contributed by atoms with Gasteiger partial charge in [0.05, 0.1) is 19.2 Å². The second-order valence-electron chi connectivity index (χ2n) is 9.18. The van der Waals surface area contributed by atoms with Crippen molar-refractivity contribution in [1.29, 1.82) is 0 Å². The van der Waals surface area contributed by atoms with E-state index in [2.05, 4.69) is 71.7 Å². The SMILES string of the molecule is C=NOC(=NCCN1CCN(c2ccnc3cc(-c4cccnc4)ccc23)CC1)c1cccc(OC)c1.COC. The van der Waals surface area contributed by atoms with Gasteiger partial charge in [-0.2, -0.15) is 0 Å². The number of aromatic nitrogens is 2. The van der Waals surface area contributed by atoms with Crippen molar-refractivity contribution in [3.05, 3.63) is 84.8 Å². The number of aliphatic imine (C=N–C) groups is 1. The fourth-order valence-corrected chi connectivity index (χ4v) is 4.62. The van der Waals surface area contributed by atoms with E-state index in [1.165, 1.54) is 11.1 Å². The molecule has 0 amide bonds. The monoisotopic (exact) mass is 540 g/mol. The summed E-state index contributed by atoms with van der Waals surface area (Å²) in [5.74, 6) is 1.19. The third kappa shape index (κ3) is 7.40. The Balaban J connectivity index is 0.00000118. The molecule has 2 aromatic heterocycles. The molecule has 4 aromatic rings. The van der Waals surface area contributed by atoms with Crippen LogP contribution in [-0.4, -0.2) is 88.1 Å². The maximum atomic E-state index is 5.34. The molecule has 0 radical (unpaired) electrons. The van der Waals surface area contributed by atoms with Crippen molar-refractivity contribution < 1.29 is 14.3 Å². The first-order valence-corrected chi connectivity index (χ1v) is 13.2. The normalized spacial score (nSPS) is 13.9. The number of fused-ring (bicyclic) bond motifs is 1. The average Bonchev–Trinajstić information content (AvgIpc) is 3.01. The fourth-order valence-electron chi connectivity index (χ4n) is 4.62. The highest BCUT2D eigenvalue weighted by molar-refractivity contribution is 5.95. The molecular weight excluding hydrogens is 504 g/mol. The lowest BCUT2D eigenvalue weighted by Gasteiger charge is -2.36. The van der Waals surface area contributed by atoms with Crippen molar-refractivity contribution in [2.45, 2.75) is 0 Å². The van der Waals surface area contributed by atoms with Gasteiger partial charge >= 0.3 is 0 Å². The largest absolute Gasteiger partial charge is 0.497 e. The van der Waals surface area contributed by atoms with E-state index in [0.29, 0.717) is 12.4 Å². The van der Waals surface area contributed by atoms with Crippen LogP contribution in [0.5, 0.6) is 5.75 Å². The number of benzene rings is 2. The van der Waals surface area contributed by atoms with Crippen LogP contribution in [0.1, 0.15) is 5.56 Å². The molecule has 1 saturated heterocycles. The first kappa shape index (κ1) is 28.7. The minimum absolute atomic E-state index is 0.446. The Bertz CT molecular complexity index is 1400. The highest BCUT2D eigenvalue weighted by Crippen LogP contribution is 2.30. The predicted molar refractivity (Wildman–Crippen MR) is 162 cm³/mol. The number of nitrogens with zero attached hydrogens (tertiary/aromatic N) is 6. The molecule has 0 spiro atoms. The van der Waals surface area contributed by atoms with Crippen LogP contribution in [0.3, 0.4) is 0 Å². The van der Waals surface area contributed by atoms with Gasteiger partial charge in [-0.25, -0.2) is 4.99 Å². The van der Waals surface area contributed by atoms with Crippen molar-refractivity contribution in [2.24, 2.45) is 10.1 Å². The maximum Gasteiger partial charge on any atom is 0.251 e. The topological polar surface area (TPSA) is 84.7 Å². The quantitative estimate of drug-likeness (QED) is 0.181. The van der Waals surface area contributed by atoms with Gasteiger partial charge in [0.2, 0.25) is 0 Å². The van der Waals surface area contributed by atoms with Crippen LogP contribution in [0.4, 0.5) is 5.69 Å². The summed E-state index contributed by atoms with van der Waals surface area (Å²) in [4.78, 5) is 23.7. The van der Waals surface area contributed by atoms with Gasteiger partial charge in [-0.3, -0.25) is 14.9 Å². The van der Waals surface area contributed by atoms with Gasteiger partial charge in [0, 0.05) is 94.5 Å². The molecule has 40 heavy (non-hydrogen) atoms. The summed E-state index contributed by atoms with van der Waals surface area (Å²) in [5, 5.41) is 4.75. The van der Waals surface area contributed by atoms with E-state index >= 15 is 0 Å². The number of oxime groups is 1. The molecule has 5 rings (SSSR count). The van der Waals surface area contributed by atoms with E-state index < -0.39 is 0 Å². The van der Waals surface area contributed by atoms with E-state index in [1.807, 2.05) is 42.7 Å². The molecule has 0 unspecified atom stereocenters. The molecule has 9 nitrogen and oxygen atoms in total. The first-order valence-electron chi connectivity index (χ1n) is 13.2. The van der Waals surface area contributed by atoms with Gasteiger partial charge in [0.15, 0.2) is 0 Å². The van der Waals surface area contributed by atoms with Crippen molar-refractivity contribution in [3.63, 3.8) is 0 Å². The predicted octanol–water partition coefficient (Wildman–Crippen LogP) is 4.77. The Labute approximate surface area is 235 Å². The van der Waals surface area contributed by atoms with Crippen LogP contribution in [-0.2, 0) is 9.57 Å². The molecular formula is C31H36N6O3. The van der Waals surface area contributed by atoms with Gasteiger partial charge < -0.3 is 19.2 Å². The van der Waals surface area contributed by atoms with Crippen LogP contribution in [0, 0.1) is 0 Å². The minimum Gasteiger partial charge on any atom is -0.497 e. The number of piperazine rings is 1. The second kappa shape index (κ2) is 14.7. The number of methoxy groups -OCH3 is 2. The van der Waals surface area contributed by atoms with Crippen molar-refractivity contribution >= 4 is 29.2 Å². The van der Waals surface area contributed by atoms with Crippen LogP contribution < -0.4 is 9.64 Å². The number of anilines is 1. The number of ether oxygens (including phenoxy) is 2. The number of hydrogen-bond acceptors (Lipinski definition) is 9. The summed E-state index contributed by atoms with van der Waals surface area (Å²) in [5.41, 5.74) is 5.26. The van der Waals surface area contributed by atoms with Gasteiger partial charge in [0.1, 0.15) is 5.75 Å². The second-order valence-corrected chi connectivity index (χ2v) is 9.18. The van der Waals surface area contributed by atoms with Crippen molar-refractivity contribution in [3.8, 4) is 16.9 Å². The summed E-state index contributed by atoms with van der Waals surface area (Å²) in [7, 11) is 4.89. The summed E-state index contributed by atoms with van der Waals surface area (Å²) in [6.45, 7) is 8.70. The van der Waals surface area contributed by atoms with Crippen molar-refractivity contribution in [1.82, 2.24) is 14.9 Å². The maximum absolute atomic E-state index is 5.34. The smallest absolute Gasteiger partial charge is 0.251 e. The Morgan fingerprint density at radius 1 is 0.925 bits per heavy atom. The Kier molecular flexibility index (Phi) is 10.5. The van der Waals surface area contributed by atoms with Crippen LogP contribution in [0.25, 0.3) is 22.0 Å². The van der Waals surface area contributed by atoms with Crippen LogP contribution in [0.2, 0.25) is 0 Å². The summed E-state index contributed by atoms with van der Waals surface area (Å²) in [6.07, 6.45) is 5.58. The van der Waals surface area contributed by atoms with Crippen molar-refractivity contribution in [2.75, 3.05) is 65.5 Å². The molecule has 1 aliphatic rings. The zero-order valence-electron chi connectivity index (χ0n) is 23.4. The third-order valence-corrected chi connectivity index (χ3v) is 6.57. The summed E-state index contributed by atoms with van der Waals surface area (Å²) >= 11 is 0. The molecule has 3 heterocycles. The van der Waals surface area contributed by atoms with E-state index in [0.717, 1.165) is 60.7 Å². The summed E-state index contributed by atoms with van der Waals surface area (Å²) < 4.78 is 9.56. The molecule has 0 N–H and O–H groups in total. The molecule has 0 saturated carbocycles. The average molecular weight is 541 g/mol. The molecule has 2 aromatic carbocycles. The third-order valence-electron chi connectivity index (χ3n) is 6.57. The fraction of sp³-hybridized carbons (Fsp3) is 0.290. The molecule has 1 fully saturated rings. The van der Waals surface area contributed by atoms with Gasteiger partial charge in [-0.05, 0) is 42.0 Å². The van der Waals surface area contributed by atoms with Crippen LogP contribution in [0.15, 0.2) is 89.4 Å². The molecule has 208 valence electrons. The lowest BCUT2D eigenvalue weighted by Crippen LogP contribution is -2.47. The van der Waals surface area contributed by atoms with Crippen LogP contribution >= 0.6 is 0 Å². The molecule has 0 aliphatic carbocycles. The lowest BCUT2D eigenvalue weighted by molar-refractivity contribution is 0.263. The molecule has 0 atom stereocenters. The first-order chi connectivity index (χ1) is 19.7. The Morgan fingerprint density at radius 2 is 1.75 bits per heavy atom. The molecule has 1 aliphatic heterocycles. The van der Waals surface area contributed by atoms with E-state index in [9.17, 15) is 0 Å². The highest BCUT2D eigenvalue weighted by Gasteiger charge is 2.19.